The van der Waals surface area contributed by atoms with E-state index in [1.54, 1.807) is 4.90 Å². The van der Waals surface area contributed by atoms with Crippen molar-refractivity contribution < 1.29 is 14.3 Å². The molecule has 1 amide bonds. The predicted octanol–water partition coefficient (Wildman–Crippen LogP) is 6.27. The monoisotopic (exact) mass is 565 g/mol. The average Bonchev–Trinajstić information content (AvgIpc) is 3.24. The van der Waals surface area contributed by atoms with Crippen molar-refractivity contribution in [1.29, 1.82) is 5.26 Å². The van der Waals surface area contributed by atoms with Gasteiger partial charge in [-0.2, -0.15) is 5.26 Å². The number of benzene rings is 1. The first-order chi connectivity index (χ1) is 19.0. The van der Waals surface area contributed by atoms with Gasteiger partial charge in [0.2, 0.25) is 0 Å². The Morgan fingerprint density at radius 2 is 1.85 bits per heavy atom. The maximum Gasteiger partial charge on any atom is 0.410 e. The van der Waals surface area contributed by atoms with Crippen molar-refractivity contribution in [2.45, 2.75) is 77.5 Å². The Bertz CT molecular complexity index is 1240. The summed E-state index contributed by atoms with van der Waals surface area (Å²) in [7, 11) is 0. The second-order valence-electron chi connectivity index (χ2n) is 12.6. The van der Waals surface area contributed by atoms with Gasteiger partial charge in [0.25, 0.3) is 0 Å². The minimum atomic E-state index is -0.483. The first-order valence-electron chi connectivity index (χ1n) is 14.4. The van der Waals surface area contributed by atoms with Crippen LogP contribution < -0.4 is 14.5 Å². The quantitative estimate of drug-likeness (QED) is 0.432. The molecule has 0 radical (unpaired) electrons. The summed E-state index contributed by atoms with van der Waals surface area (Å²) in [5, 5.41) is 9.73. The van der Waals surface area contributed by atoms with E-state index in [2.05, 4.69) is 28.9 Å². The molecule has 214 valence electrons. The van der Waals surface area contributed by atoms with Crippen LogP contribution in [0.5, 0.6) is 5.75 Å². The van der Waals surface area contributed by atoms with Crippen LogP contribution in [0.4, 0.5) is 16.3 Å². The number of aromatic nitrogens is 1. The largest absolute Gasteiger partial charge is 0.489 e. The molecule has 0 bridgehead atoms. The lowest BCUT2D eigenvalue weighted by Gasteiger charge is -2.40. The molecule has 1 spiro atoms. The number of piperidine rings is 2. The van der Waals surface area contributed by atoms with Crippen LogP contribution in [0.3, 0.4) is 0 Å². The summed E-state index contributed by atoms with van der Waals surface area (Å²) >= 11 is 6.33. The lowest BCUT2D eigenvalue weighted by Crippen LogP contribution is -2.44. The number of carbonyl (C=O) groups excluding carboxylic acids is 1. The maximum absolute atomic E-state index is 12.3. The molecule has 3 fully saturated rings. The van der Waals surface area contributed by atoms with Gasteiger partial charge in [-0.25, -0.2) is 9.78 Å². The molecule has 40 heavy (non-hydrogen) atoms. The number of carbonyl (C=O) groups is 1. The van der Waals surface area contributed by atoms with E-state index >= 15 is 0 Å². The molecule has 0 N–H and O–H groups in total. The molecule has 0 saturated carbocycles. The number of rotatable bonds is 4. The van der Waals surface area contributed by atoms with Crippen LogP contribution in [-0.4, -0.2) is 66.4 Å². The SMILES string of the molecule is C[C@H]1CC2(CCN(c3ccc(OC4CCN(C(=O)OC(C)(C)C)CC4)cn3)CC2)CN1c1ccc(C#N)c(Cl)c1. The second kappa shape index (κ2) is 11.4. The zero-order valence-electron chi connectivity index (χ0n) is 24.0. The zero-order chi connectivity index (χ0) is 28.5. The molecular weight excluding hydrogens is 526 g/mol. The van der Waals surface area contributed by atoms with E-state index in [0.29, 0.717) is 29.7 Å². The molecular formula is C31H40ClN5O3. The Hall–Kier alpha value is -3.18. The topological polar surface area (TPSA) is 81.9 Å². The average molecular weight is 566 g/mol. The lowest BCUT2D eigenvalue weighted by atomic mass is 9.77. The summed E-state index contributed by atoms with van der Waals surface area (Å²) in [6.45, 7) is 12.2. The minimum Gasteiger partial charge on any atom is -0.489 e. The third-order valence-electron chi connectivity index (χ3n) is 8.44. The van der Waals surface area contributed by atoms with Crippen molar-refractivity contribution >= 4 is 29.2 Å². The van der Waals surface area contributed by atoms with Crippen LogP contribution in [0.25, 0.3) is 0 Å². The van der Waals surface area contributed by atoms with E-state index in [0.717, 1.165) is 69.0 Å². The number of hydrogen-bond donors (Lipinski definition) is 0. The Morgan fingerprint density at radius 3 is 2.45 bits per heavy atom. The molecule has 9 heteroatoms. The van der Waals surface area contributed by atoms with Gasteiger partial charge < -0.3 is 24.2 Å². The number of amides is 1. The van der Waals surface area contributed by atoms with Crippen molar-refractivity contribution in [1.82, 2.24) is 9.88 Å². The van der Waals surface area contributed by atoms with Crippen molar-refractivity contribution in [2.24, 2.45) is 5.41 Å². The molecule has 0 aliphatic carbocycles. The van der Waals surface area contributed by atoms with Crippen molar-refractivity contribution in [2.75, 3.05) is 42.5 Å². The fourth-order valence-corrected chi connectivity index (χ4v) is 6.53. The van der Waals surface area contributed by atoms with Crippen LogP contribution in [0.15, 0.2) is 36.5 Å². The highest BCUT2D eigenvalue weighted by atomic mass is 35.5. The number of anilines is 2. The summed E-state index contributed by atoms with van der Waals surface area (Å²) in [5.74, 6) is 1.76. The normalized spacial score (nSPS) is 21.4. The van der Waals surface area contributed by atoms with Gasteiger partial charge in [-0.3, -0.25) is 0 Å². The van der Waals surface area contributed by atoms with Crippen LogP contribution in [0.2, 0.25) is 5.02 Å². The summed E-state index contributed by atoms with van der Waals surface area (Å²) in [5.41, 5.74) is 1.42. The summed E-state index contributed by atoms with van der Waals surface area (Å²) in [6.07, 6.45) is 6.60. The number of halogens is 1. The first kappa shape index (κ1) is 28.4. The highest BCUT2D eigenvalue weighted by molar-refractivity contribution is 6.32. The van der Waals surface area contributed by atoms with Gasteiger partial charge in [0, 0.05) is 57.3 Å². The number of hydrogen-bond acceptors (Lipinski definition) is 7. The maximum atomic E-state index is 12.3. The van der Waals surface area contributed by atoms with Crippen LogP contribution in [0.1, 0.15) is 65.4 Å². The fourth-order valence-electron chi connectivity index (χ4n) is 6.31. The molecule has 1 aromatic carbocycles. The lowest BCUT2D eigenvalue weighted by molar-refractivity contribution is 0.0126. The second-order valence-corrected chi connectivity index (χ2v) is 13.0. The summed E-state index contributed by atoms with van der Waals surface area (Å²) in [6, 6.07) is 12.4. The van der Waals surface area contributed by atoms with Crippen LogP contribution in [-0.2, 0) is 4.74 Å². The van der Waals surface area contributed by atoms with Gasteiger partial charge in [0.1, 0.15) is 29.3 Å². The van der Waals surface area contributed by atoms with Crippen LogP contribution >= 0.6 is 11.6 Å². The molecule has 3 aliphatic rings. The highest BCUT2D eigenvalue weighted by Gasteiger charge is 2.44. The van der Waals surface area contributed by atoms with Crippen LogP contribution in [0, 0.1) is 16.7 Å². The molecule has 3 saturated heterocycles. The van der Waals surface area contributed by atoms with Gasteiger partial charge in [-0.05, 0) is 82.7 Å². The molecule has 2 aromatic rings. The van der Waals surface area contributed by atoms with E-state index in [1.807, 2.05) is 51.2 Å². The first-order valence-corrected chi connectivity index (χ1v) is 14.7. The standard InChI is InChI=1S/C31H40ClN5O3/c1-22-18-31(21-37(22)24-6-5-23(19-33)27(32)17-24)11-15-35(16-12-31)28-8-7-26(20-34-28)39-25-9-13-36(14-10-25)29(38)40-30(2,3)4/h5-8,17,20,22,25H,9-16,18,21H2,1-4H3/t22-/m0/s1. The van der Waals surface area contributed by atoms with Gasteiger partial charge in [-0.1, -0.05) is 11.6 Å². The van der Waals surface area contributed by atoms with E-state index in [-0.39, 0.29) is 17.6 Å². The third kappa shape index (κ3) is 6.41. The molecule has 4 heterocycles. The zero-order valence-corrected chi connectivity index (χ0v) is 24.8. The van der Waals surface area contributed by atoms with E-state index in [9.17, 15) is 10.1 Å². The summed E-state index contributed by atoms with van der Waals surface area (Å²) in [4.78, 5) is 23.6. The van der Waals surface area contributed by atoms with E-state index < -0.39 is 5.60 Å². The van der Waals surface area contributed by atoms with Gasteiger partial charge in [0.05, 0.1) is 16.8 Å². The van der Waals surface area contributed by atoms with Crippen molar-refractivity contribution in [3.63, 3.8) is 0 Å². The Morgan fingerprint density at radius 1 is 1.12 bits per heavy atom. The van der Waals surface area contributed by atoms with E-state index in [4.69, 9.17) is 26.1 Å². The minimum absolute atomic E-state index is 0.0690. The van der Waals surface area contributed by atoms with Gasteiger partial charge >= 0.3 is 6.09 Å². The molecule has 1 aromatic heterocycles. The number of pyridine rings is 1. The molecule has 0 unspecified atom stereocenters. The molecule has 3 aliphatic heterocycles. The smallest absolute Gasteiger partial charge is 0.410 e. The van der Waals surface area contributed by atoms with Gasteiger partial charge in [-0.15, -0.1) is 0 Å². The molecule has 5 rings (SSSR count). The Labute approximate surface area is 242 Å². The fraction of sp³-hybridized carbons (Fsp3) is 0.581. The summed E-state index contributed by atoms with van der Waals surface area (Å²) < 4.78 is 11.7. The van der Waals surface area contributed by atoms with Crippen molar-refractivity contribution in [3.8, 4) is 11.8 Å². The number of nitrogens with zero attached hydrogens (tertiary/aromatic N) is 5. The third-order valence-corrected chi connectivity index (χ3v) is 8.75. The highest BCUT2D eigenvalue weighted by Crippen LogP contribution is 2.45. The van der Waals surface area contributed by atoms with E-state index in [1.165, 1.54) is 0 Å². The Kier molecular flexibility index (Phi) is 8.05. The Balaban J connectivity index is 1.11. The predicted molar refractivity (Wildman–Crippen MR) is 157 cm³/mol. The number of nitriles is 1. The van der Waals surface area contributed by atoms with Crippen molar-refractivity contribution in [3.05, 3.63) is 47.1 Å². The molecule has 8 nitrogen and oxygen atoms in total. The van der Waals surface area contributed by atoms with Gasteiger partial charge in [0.15, 0.2) is 0 Å². The number of likely N-dealkylation sites (tertiary alicyclic amines) is 1. The molecule has 1 atom stereocenters. The number of ether oxygens (including phenoxy) is 2.